The Morgan fingerprint density at radius 1 is 1.04 bits per heavy atom. The molecule has 1 aliphatic heterocycles. The first-order valence-electron chi connectivity index (χ1n) is 9.04. The van der Waals surface area contributed by atoms with Gasteiger partial charge in [0.1, 0.15) is 11.6 Å². The highest BCUT2D eigenvalue weighted by atomic mass is 19.4. The van der Waals surface area contributed by atoms with Gasteiger partial charge >= 0.3 is 6.36 Å². The first-order chi connectivity index (χ1) is 12.9. The van der Waals surface area contributed by atoms with Crippen LogP contribution in [-0.4, -0.2) is 24.4 Å². The van der Waals surface area contributed by atoms with Crippen molar-refractivity contribution in [1.29, 1.82) is 0 Å². The molecule has 1 saturated heterocycles. The smallest absolute Gasteiger partial charge is 0.406 e. The van der Waals surface area contributed by atoms with Crippen LogP contribution in [0.1, 0.15) is 17.5 Å². The summed E-state index contributed by atoms with van der Waals surface area (Å²) in [5.74, 6) is 1.41. The van der Waals surface area contributed by atoms with Gasteiger partial charge in [-0.05, 0) is 54.4 Å². The molecular formula is C21H20F4NO. The highest BCUT2D eigenvalue weighted by Crippen LogP contribution is 2.54. The van der Waals surface area contributed by atoms with Crippen LogP contribution in [0.4, 0.5) is 17.6 Å². The lowest BCUT2D eigenvalue weighted by molar-refractivity contribution is -0.274. The number of halogens is 4. The number of fused-ring (bicyclic) bond motifs is 1. The van der Waals surface area contributed by atoms with E-state index in [9.17, 15) is 17.6 Å². The van der Waals surface area contributed by atoms with Crippen LogP contribution in [0, 0.1) is 30.0 Å². The van der Waals surface area contributed by atoms with Crippen molar-refractivity contribution in [2.45, 2.75) is 19.3 Å². The predicted molar refractivity (Wildman–Crippen MR) is 93.3 cm³/mol. The molecular weight excluding hydrogens is 358 g/mol. The number of nitrogens with zero attached hydrogens (tertiary/aromatic N) is 1. The molecule has 0 bridgehead atoms. The zero-order valence-electron chi connectivity index (χ0n) is 14.6. The van der Waals surface area contributed by atoms with Crippen molar-refractivity contribution < 1.29 is 22.3 Å². The Kier molecular flexibility index (Phi) is 4.84. The van der Waals surface area contributed by atoms with Crippen LogP contribution in [0.25, 0.3) is 0 Å². The van der Waals surface area contributed by atoms with Gasteiger partial charge in [0.2, 0.25) is 0 Å². The number of piperidine rings is 1. The van der Waals surface area contributed by atoms with Gasteiger partial charge in [-0.1, -0.05) is 30.3 Å². The van der Waals surface area contributed by atoms with Crippen LogP contribution in [0.15, 0.2) is 48.5 Å². The molecule has 27 heavy (non-hydrogen) atoms. The third kappa shape index (κ3) is 4.43. The van der Waals surface area contributed by atoms with E-state index in [1.165, 1.54) is 18.2 Å². The standard InChI is InChI=1S/C21H20F4NO/c22-20-7-2-1-5-15(20)11-26-12-18-17(19(18)13-26)9-8-14-4-3-6-16(10-14)27-21(23,24)25/h1-8,10,17-19H,9,11-13H2. The number of alkyl halides is 3. The van der Waals surface area contributed by atoms with Gasteiger partial charge < -0.3 is 4.74 Å². The number of benzene rings is 2. The zero-order valence-corrected chi connectivity index (χ0v) is 14.6. The summed E-state index contributed by atoms with van der Waals surface area (Å²) in [5.41, 5.74) is 1.47. The molecule has 2 aromatic carbocycles. The molecule has 143 valence electrons. The Labute approximate surface area is 155 Å². The van der Waals surface area contributed by atoms with Crippen molar-refractivity contribution in [2.24, 2.45) is 17.8 Å². The average Bonchev–Trinajstić information content (AvgIpc) is 3.05. The fourth-order valence-corrected chi connectivity index (χ4v) is 4.19. The second-order valence-electron chi connectivity index (χ2n) is 7.34. The van der Waals surface area contributed by atoms with E-state index >= 15 is 0 Å². The highest BCUT2D eigenvalue weighted by Gasteiger charge is 2.54. The Morgan fingerprint density at radius 2 is 1.78 bits per heavy atom. The summed E-state index contributed by atoms with van der Waals surface area (Å²) in [6.07, 6.45) is -1.85. The molecule has 1 aliphatic carbocycles. The van der Waals surface area contributed by atoms with E-state index in [2.05, 4.69) is 9.64 Å². The fourth-order valence-electron chi connectivity index (χ4n) is 4.19. The summed E-state index contributed by atoms with van der Waals surface area (Å²) in [6, 6.07) is 12.9. The predicted octanol–water partition coefficient (Wildman–Crippen LogP) is 5.04. The number of hydrogen-bond donors (Lipinski definition) is 0. The molecule has 0 amide bonds. The maximum absolute atomic E-state index is 13.8. The van der Waals surface area contributed by atoms with Gasteiger partial charge in [-0.25, -0.2) is 4.39 Å². The summed E-state index contributed by atoms with van der Waals surface area (Å²) in [6.45, 7) is 2.54. The van der Waals surface area contributed by atoms with E-state index in [-0.39, 0.29) is 11.6 Å². The number of ether oxygens (including phenoxy) is 1. The number of hydrogen-bond acceptors (Lipinski definition) is 2. The second kappa shape index (κ2) is 7.15. The van der Waals surface area contributed by atoms with Crippen LogP contribution in [-0.2, 0) is 6.54 Å². The molecule has 2 aliphatic rings. The monoisotopic (exact) mass is 378 g/mol. The van der Waals surface area contributed by atoms with Gasteiger partial charge in [0.05, 0.1) is 0 Å². The van der Waals surface area contributed by atoms with Gasteiger partial charge in [-0.15, -0.1) is 13.2 Å². The fraction of sp³-hybridized carbons (Fsp3) is 0.381. The molecule has 4 rings (SSSR count). The van der Waals surface area contributed by atoms with E-state index in [4.69, 9.17) is 0 Å². The molecule has 1 radical (unpaired) electrons. The Balaban J connectivity index is 1.25. The van der Waals surface area contributed by atoms with Gasteiger partial charge in [-0.2, -0.15) is 0 Å². The number of likely N-dealkylation sites (tertiary alicyclic amines) is 1. The van der Waals surface area contributed by atoms with Crippen LogP contribution >= 0.6 is 0 Å². The minimum Gasteiger partial charge on any atom is -0.406 e. The van der Waals surface area contributed by atoms with Crippen LogP contribution in [0.2, 0.25) is 0 Å². The van der Waals surface area contributed by atoms with E-state index in [1.54, 1.807) is 18.2 Å². The third-order valence-corrected chi connectivity index (χ3v) is 5.52. The van der Waals surface area contributed by atoms with E-state index in [1.807, 2.05) is 18.6 Å². The molecule has 0 aromatic heterocycles. The van der Waals surface area contributed by atoms with Gasteiger partial charge in [0.25, 0.3) is 0 Å². The van der Waals surface area contributed by atoms with Crippen molar-refractivity contribution in [1.82, 2.24) is 4.90 Å². The minimum absolute atomic E-state index is 0.163. The largest absolute Gasteiger partial charge is 0.573 e. The minimum atomic E-state index is -4.67. The lowest BCUT2D eigenvalue weighted by Crippen LogP contribution is -2.24. The number of rotatable bonds is 6. The van der Waals surface area contributed by atoms with Crippen molar-refractivity contribution in [3.63, 3.8) is 0 Å². The van der Waals surface area contributed by atoms with E-state index in [0.29, 0.717) is 24.3 Å². The Hall–Kier alpha value is -2.08. The van der Waals surface area contributed by atoms with Crippen LogP contribution in [0.3, 0.4) is 0 Å². The van der Waals surface area contributed by atoms with Gasteiger partial charge in [0.15, 0.2) is 0 Å². The van der Waals surface area contributed by atoms with Crippen molar-refractivity contribution in [3.05, 3.63) is 71.9 Å². The summed E-state index contributed by atoms with van der Waals surface area (Å²) >= 11 is 0. The molecule has 0 N–H and O–H groups in total. The molecule has 2 atom stereocenters. The average molecular weight is 378 g/mol. The quantitative estimate of drug-likeness (QED) is 0.653. The maximum atomic E-state index is 13.8. The van der Waals surface area contributed by atoms with Crippen molar-refractivity contribution in [3.8, 4) is 5.75 Å². The van der Waals surface area contributed by atoms with Crippen LogP contribution < -0.4 is 4.74 Å². The van der Waals surface area contributed by atoms with Gasteiger partial charge in [-0.3, -0.25) is 4.90 Å². The lowest BCUT2D eigenvalue weighted by Gasteiger charge is -2.19. The SMILES string of the molecule is Fc1ccccc1CN1CC2C(C[CH]c3cccc(OC(F)(F)F)c3)C2C1. The summed E-state index contributed by atoms with van der Waals surface area (Å²) in [4.78, 5) is 2.28. The molecule has 0 spiro atoms. The normalized spacial score (nSPS) is 24.7. The van der Waals surface area contributed by atoms with Gasteiger partial charge in [0, 0.05) is 25.2 Å². The first-order valence-corrected chi connectivity index (χ1v) is 9.04. The summed E-state index contributed by atoms with van der Waals surface area (Å²) in [7, 11) is 0. The Morgan fingerprint density at radius 3 is 2.48 bits per heavy atom. The zero-order chi connectivity index (χ0) is 19.0. The third-order valence-electron chi connectivity index (χ3n) is 5.52. The summed E-state index contributed by atoms with van der Waals surface area (Å²) in [5, 5.41) is 0. The lowest BCUT2D eigenvalue weighted by atomic mass is 10.0. The molecule has 6 heteroatoms. The molecule has 2 fully saturated rings. The summed E-state index contributed by atoms with van der Waals surface area (Å²) < 4.78 is 54.7. The second-order valence-corrected chi connectivity index (χ2v) is 7.34. The molecule has 1 saturated carbocycles. The van der Waals surface area contributed by atoms with E-state index in [0.717, 1.165) is 30.6 Å². The topological polar surface area (TPSA) is 12.5 Å². The highest BCUT2D eigenvalue weighted by molar-refractivity contribution is 5.33. The Bertz CT molecular complexity index is 795. The molecule has 2 aromatic rings. The molecule has 2 unspecified atom stereocenters. The van der Waals surface area contributed by atoms with Crippen molar-refractivity contribution in [2.75, 3.05) is 13.1 Å². The van der Waals surface area contributed by atoms with Crippen molar-refractivity contribution >= 4 is 0 Å². The first kappa shape index (κ1) is 18.3. The molecule has 2 nitrogen and oxygen atoms in total. The maximum Gasteiger partial charge on any atom is 0.573 e. The van der Waals surface area contributed by atoms with E-state index < -0.39 is 6.36 Å². The molecule has 1 heterocycles. The van der Waals surface area contributed by atoms with Crippen LogP contribution in [0.5, 0.6) is 5.75 Å².